The molecule has 6 heteroatoms. The maximum atomic E-state index is 12.0. The maximum absolute atomic E-state index is 12.0. The van der Waals surface area contributed by atoms with E-state index in [2.05, 4.69) is 6.92 Å². The molecule has 0 fully saturated rings. The van der Waals surface area contributed by atoms with Crippen LogP contribution in [-0.4, -0.2) is 13.0 Å². The third kappa shape index (κ3) is 12.5. The van der Waals surface area contributed by atoms with E-state index in [-0.39, 0.29) is 29.6 Å². The molecule has 0 spiro atoms. The quantitative estimate of drug-likeness (QED) is 0.253. The molecule has 0 atom stereocenters. The number of aryl methyl sites for hydroxylation is 1. The summed E-state index contributed by atoms with van der Waals surface area (Å²) in [6.45, 7) is 2.25. The summed E-state index contributed by atoms with van der Waals surface area (Å²) in [6, 6.07) is 4.33. The second-order valence-corrected chi connectivity index (χ2v) is 8.96. The molecule has 0 radical (unpaired) electrons. The first kappa shape index (κ1) is 27.9. The molecule has 0 aliphatic rings. The molecule has 156 valence electrons. The van der Waals surface area contributed by atoms with E-state index in [1.807, 2.05) is 0 Å². The molecular weight excluding hydrogens is 383 g/mol. The van der Waals surface area contributed by atoms with E-state index in [0.29, 0.717) is 12.0 Å². The van der Waals surface area contributed by atoms with Crippen LogP contribution in [0.3, 0.4) is 0 Å². The predicted octanol–water partition coefficient (Wildman–Crippen LogP) is 3.03. The Morgan fingerprint density at radius 2 is 1.21 bits per heavy atom. The number of benzene rings is 1. The second kappa shape index (κ2) is 16.7. The molecular formula is C22H37NaO4S. The second-order valence-electron chi connectivity index (χ2n) is 7.57. The number of unbranched alkanes of at least 4 members (excludes halogenated alkanes) is 13. The van der Waals surface area contributed by atoms with E-state index in [0.717, 1.165) is 25.3 Å². The van der Waals surface area contributed by atoms with Crippen LogP contribution in [0.4, 0.5) is 0 Å². The average molecular weight is 421 g/mol. The summed E-state index contributed by atoms with van der Waals surface area (Å²) in [5, 5.41) is 12.0. The van der Waals surface area contributed by atoms with Gasteiger partial charge in [-0.1, -0.05) is 114 Å². The van der Waals surface area contributed by atoms with Crippen LogP contribution in [0.15, 0.2) is 23.1 Å². The number of hydrogen-bond donors (Lipinski definition) is 1. The monoisotopic (exact) mass is 420 g/mol. The molecule has 1 N–H and O–H groups in total. The first-order valence-corrected chi connectivity index (χ1v) is 12.2. The first-order valence-electron chi connectivity index (χ1n) is 10.7. The summed E-state index contributed by atoms with van der Waals surface area (Å²) in [6.07, 6.45) is 18.4. The zero-order valence-electron chi connectivity index (χ0n) is 17.9. The molecule has 0 aromatic heterocycles. The van der Waals surface area contributed by atoms with E-state index >= 15 is 0 Å². The Balaban J connectivity index is 0.00000729. The van der Waals surface area contributed by atoms with Crippen LogP contribution in [0.1, 0.15) is 102 Å². The number of para-hydroxylation sites is 1. The van der Waals surface area contributed by atoms with Crippen molar-refractivity contribution in [3.63, 3.8) is 0 Å². The van der Waals surface area contributed by atoms with Gasteiger partial charge in [0.05, 0.1) is 4.90 Å². The number of rotatable bonds is 16. The third-order valence-electron chi connectivity index (χ3n) is 5.14. The van der Waals surface area contributed by atoms with Crippen LogP contribution in [0.25, 0.3) is 0 Å². The Morgan fingerprint density at radius 1 is 0.786 bits per heavy atom. The Labute approximate surface area is 194 Å². The van der Waals surface area contributed by atoms with Crippen molar-refractivity contribution in [1.82, 2.24) is 0 Å². The molecule has 1 aromatic carbocycles. The van der Waals surface area contributed by atoms with Crippen molar-refractivity contribution in [2.24, 2.45) is 0 Å². The summed E-state index contributed by atoms with van der Waals surface area (Å²) >= 11 is 0. The fourth-order valence-electron chi connectivity index (χ4n) is 3.47. The van der Waals surface area contributed by atoms with E-state index in [4.69, 9.17) is 4.55 Å². The van der Waals surface area contributed by atoms with Crippen molar-refractivity contribution in [3.05, 3.63) is 23.8 Å². The summed E-state index contributed by atoms with van der Waals surface area (Å²) in [7, 11) is -4.43. The van der Waals surface area contributed by atoms with Gasteiger partial charge in [0, 0.05) is 0 Å². The van der Waals surface area contributed by atoms with Gasteiger partial charge in [-0.3, -0.25) is 4.55 Å². The van der Waals surface area contributed by atoms with Crippen LogP contribution in [0.2, 0.25) is 0 Å². The van der Waals surface area contributed by atoms with Gasteiger partial charge in [0.1, 0.15) is 0 Å². The number of hydrogen-bond acceptors (Lipinski definition) is 3. The van der Waals surface area contributed by atoms with Gasteiger partial charge in [0.2, 0.25) is 0 Å². The molecule has 4 nitrogen and oxygen atoms in total. The minimum absolute atomic E-state index is 0. The van der Waals surface area contributed by atoms with Crippen LogP contribution in [0, 0.1) is 0 Å². The Morgan fingerprint density at radius 3 is 1.64 bits per heavy atom. The molecule has 0 bridgehead atoms. The largest absolute Gasteiger partial charge is 1.00 e. The van der Waals surface area contributed by atoms with Crippen molar-refractivity contribution in [2.75, 3.05) is 0 Å². The minimum Gasteiger partial charge on any atom is -0.871 e. The Hall–Kier alpha value is -0.0700. The van der Waals surface area contributed by atoms with Gasteiger partial charge >= 0.3 is 29.6 Å². The van der Waals surface area contributed by atoms with Crippen molar-refractivity contribution in [2.45, 2.75) is 108 Å². The van der Waals surface area contributed by atoms with Crippen molar-refractivity contribution >= 4 is 10.1 Å². The van der Waals surface area contributed by atoms with Gasteiger partial charge in [0.25, 0.3) is 10.1 Å². The SMILES string of the molecule is CCCCCCCCCCCCCCCCc1cccc(S(=O)(=O)O)c1[O-].[Na+]. The third-order valence-corrected chi connectivity index (χ3v) is 6.02. The van der Waals surface area contributed by atoms with Crippen molar-refractivity contribution in [3.8, 4) is 5.75 Å². The smallest absolute Gasteiger partial charge is 0.871 e. The van der Waals surface area contributed by atoms with Gasteiger partial charge in [-0.2, -0.15) is 8.42 Å². The standard InChI is InChI=1S/C22H38O4S.Na/c1-2-3-4-5-6-7-8-9-10-11-12-13-14-15-17-20-18-16-19-21(22(20)23)27(24,25)26;/h16,18-19,23H,2-15,17H2,1H3,(H,24,25,26);/q;+1/p-1. The van der Waals surface area contributed by atoms with E-state index in [1.165, 1.54) is 76.7 Å². The summed E-state index contributed by atoms with van der Waals surface area (Å²) in [4.78, 5) is -0.509. The molecule has 1 aromatic rings. The van der Waals surface area contributed by atoms with Gasteiger partial charge in [-0.25, -0.2) is 0 Å². The predicted molar refractivity (Wildman–Crippen MR) is 110 cm³/mol. The molecule has 28 heavy (non-hydrogen) atoms. The van der Waals surface area contributed by atoms with Crippen LogP contribution < -0.4 is 34.7 Å². The summed E-state index contributed by atoms with van der Waals surface area (Å²) < 4.78 is 31.4. The van der Waals surface area contributed by atoms with Gasteiger partial charge < -0.3 is 5.11 Å². The normalized spacial score (nSPS) is 11.4. The average Bonchev–Trinajstić information content (AvgIpc) is 2.62. The van der Waals surface area contributed by atoms with Gasteiger partial charge in [-0.15, -0.1) is 0 Å². The van der Waals surface area contributed by atoms with Crippen molar-refractivity contribution < 1.29 is 47.6 Å². The summed E-state index contributed by atoms with van der Waals surface area (Å²) in [5.41, 5.74) is 0.476. The van der Waals surface area contributed by atoms with Crippen LogP contribution in [-0.2, 0) is 16.5 Å². The summed E-state index contributed by atoms with van der Waals surface area (Å²) in [5.74, 6) is -0.560. The van der Waals surface area contributed by atoms with E-state index in [9.17, 15) is 13.5 Å². The fourth-order valence-corrected chi connectivity index (χ4v) is 4.09. The zero-order chi connectivity index (χ0) is 20.0. The Bertz CT molecular complexity index is 617. The van der Waals surface area contributed by atoms with Gasteiger partial charge in [0.15, 0.2) is 0 Å². The van der Waals surface area contributed by atoms with Crippen LogP contribution >= 0.6 is 0 Å². The molecule has 0 unspecified atom stereocenters. The molecule has 0 saturated carbocycles. The fraction of sp³-hybridized carbons (Fsp3) is 0.727. The van der Waals surface area contributed by atoms with Crippen molar-refractivity contribution in [1.29, 1.82) is 0 Å². The molecule has 0 saturated heterocycles. The molecule has 0 aliphatic carbocycles. The molecule has 0 heterocycles. The Kier molecular flexibility index (Phi) is 16.7. The molecule has 0 amide bonds. The topological polar surface area (TPSA) is 77.4 Å². The molecule has 0 aliphatic heterocycles. The maximum Gasteiger partial charge on any atom is 1.00 e. The van der Waals surface area contributed by atoms with E-state index in [1.54, 1.807) is 6.07 Å². The van der Waals surface area contributed by atoms with Crippen LogP contribution in [0.5, 0.6) is 5.75 Å². The first-order chi connectivity index (χ1) is 13.0. The van der Waals surface area contributed by atoms with E-state index < -0.39 is 20.8 Å². The molecule has 1 rings (SSSR count). The zero-order valence-corrected chi connectivity index (χ0v) is 20.7. The minimum atomic E-state index is -4.43. The van der Waals surface area contributed by atoms with Gasteiger partial charge in [-0.05, 0) is 18.9 Å².